The molecule has 0 aromatic heterocycles. The van der Waals surface area contributed by atoms with Crippen molar-refractivity contribution in [2.75, 3.05) is 27.1 Å². The number of nitrogens with one attached hydrogen (secondary N) is 1. The van der Waals surface area contributed by atoms with Gasteiger partial charge in [0.15, 0.2) is 0 Å². The molecule has 6 nitrogen and oxygen atoms in total. The van der Waals surface area contributed by atoms with E-state index in [1.807, 2.05) is 13.8 Å². The number of nitrogens with zero attached hydrogens (tertiary/aromatic N) is 1. The quantitative estimate of drug-likeness (QED) is 0.866. The molecule has 1 aromatic carbocycles. The van der Waals surface area contributed by atoms with E-state index in [1.165, 1.54) is 22.5 Å². The van der Waals surface area contributed by atoms with Crippen LogP contribution < -0.4 is 9.03 Å². The molecule has 0 amide bonds. The molecule has 1 heterocycles. The van der Waals surface area contributed by atoms with Crippen LogP contribution in [0.2, 0.25) is 5.02 Å². The van der Waals surface area contributed by atoms with E-state index >= 15 is 0 Å². The van der Waals surface area contributed by atoms with Gasteiger partial charge in [-0.25, -0.2) is 16.8 Å². The Balaban J connectivity index is 2.32. The minimum atomic E-state index is -3.48. The van der Waals surface area contributed by atoms with Gasteiger partial charge in [-0.15, -0.1) is 0 Å². The zero-order valence-electron chi connectivity index (χ0n) is 12.4. The highest BCUT2D eigenvalue weighted by molar-refractivity contribution is 7.93. The van der Waals surface area contributed by atoms with Gasteiger partial charge in [0.1, 0.15) is 0 Å². The third-order valence-corrected chi connectivity index (χ3v) is 6.97. The zero-order chi connectivity index (χ0) is 16.5. The molecule has 1 aromatic rings. The lowest BCUT2D eigenvalue weighted by atomic mass is 10.3. The topological polar surface area (TPSA) is 83.6 Å². The van der Waals surface area contributed by atoms with E-state index in [0.717, 1.165) is 0 Å². The second kappa shape index (κ2) is 6.25. The van der Waals surface area contributed by atoms with Crippen LogP contribution in [0.3, 0.4) is 0 Å². The van der Waals surface area contributed by atoms with Crippen molar-refractivity contribution in [3.63, 3.8) is 0 Å². The molecular formula is C13H19ClN2O4S2. The standard InChI is InChI=1S/C13H19ClN2O4S2/c1-10(2)9-21(17,18)15-11-4-5-12(14)13(8-11)16-6-3-7-22(16,19)20/h4-5,8,10,15H,3,6-7,9H2,1-2H3. The Kier molecular flexibility index (Phi) is 4.93. The van der Waals surface area contributed by atoms with Crippen molar-refractivity contribution in [3.05, 3.63) is 23.2 Å². The summed E-state index contributed by atoms with van der Waals surface area (Å²) in [6, 6.07) is 4.48. The van der Waals surface area contributed by atoms with Crippen LogP contribution in [0.15, 0.2) is 18.2 Å². The number of anilines is 2. The molecule has 124 valence electrons. The first-order chi connectivity index (χ1) is 10.1. The van der Waals surface area contributed by atoms with Crippen molar-refractivity contribution < 1.29 is 16.8 Å². The van der Waals surface area contributed by atoms with Crippen LogP contribution in [-0.2, 0) is 20.0 Å². The van der Waals surface area contributed by atoms with Gasteiger partial charge in [-0.05, 0) is 30.5 Å². The van der Waals surface area contributed by atoms with Crippen molar-refractivity contribution in [1.82, 2.24) is 0 Å². The minimum absolute atomic E-state index is 0.00697. The van der Waals surface area contributed by atoms with Crippen LogP contribution >= 0.6 is 11.6 Å². The predicted molar refractivity (Wildman–Crippen MR) is 89.4 cm³/mol. The lowest BCUT2D eigenvalue weighted by Crippen LogP contribution is -2.26. The van der Waals surface area contributed by atoms with Crippen LogP contribution in [0.1, 0.15) is 20.3 Å². The van der Waals surface area contributed by atoms with Gasteiger partial charge in [0.2, 0.25) is 20.0 Å². The predicted octanol–water partition coefficient (Wildman–Crippen LogP) is 2.28. The molecule has 0 atom stereocenters. The van der Waals surface area contributed by atoms with Gasteiger partial charge in [0.25, 0.3) is 0 Å². The SMILES string of the molecule is CC(C)CS(=O)(=O)Nc1ccc(Cl)c(N2CCCS2(=O)=O)c1. The van der Waals surface area contributed by atoms with Gasteiger partial charge in [0.05, 0.1) is 27.9 Å². The Morgan fingerprint density at radius 1 is 1.36 bits per heavy atom. The maximum atomic E-state index is 12.0. The minimum Gasteiger partial charge on any atom is -0.283 e. The summed E-state index contributed by atoms with van der Waals surface area (Å²) in [5.74, 6) is 0.0582. The van der Waals surface area contributed by atoms with Gasteiger partial charge in [-0.3, -0.25) is 9.03 Å². The maximum Gasteiger partial charge on any atom is 0.235 e. The van der Waals surface area contributed by atoms with E-state index in [9.17, 15) is 16.8 Å². The molecule has 0 saturated carbocycles. The number of halogens is 1. The van der Waals surface area contributed by atoms with E-state index in [0.29, 0.717) is 24.3 Å². The first-order valence-electron chi connectivity index (χ1n) is 6.91. The molecule has 1 N–H and O–H groups in total. The Labute approximate surface area is 136 Å². The van der Waals surface area contributed by atoms with Crippen LogP contribution in [0.4, 0.5) is 11.4 Å². The summed E-state index contributed by atoms with van der Waals surface area (Å²) in [6.45, 7) is 3.97. The van der Waals surface area contributed by atoms with Crippen molar-refractivity contribution >= 4 is 43.0 Å². The van der Waals surface area contributed by atoms with Crippen molar-refractivity contribution in [3.8, 4) is 0 Å². The van der Waals surface area contributed by atoms with Gasteiger partial charge in [0, 0.05) is 6.54 Å². The molecule has 22 heavy (non-hydrogen) atoms. The van der Waals surface area contributed by atoms with Gasteiger partial charge < -0.3 is 0 Å². The molecule has 0 aliphatic carbocycles. The molecule has 0 spiro atoms. The van der Waals surface area contributed by atoms with Crippen molar-refractivity contribution in [1.29, 1.82) is 0 Å². The Bertz CT molecular complexity index is 760. The number of hydrogen-bond acceptors (Lipinski definition) is 4. The molecular weight excluding hydrogens is 348 g/mol. The van der Waals surface area contributed by atoms with E-state index < -0.39 is 20.0 Å². The molecule has 0 bridgehead atoms. The molecule has 1 saturated heterocycles. The fourth-order valence-corrected chi connectivity index (χ4v) is 5.63. The normalized spacial score (nSPS) is 17.9. The Morgan fingerprint density at radius 2 is 2.05 bits per heavy atom. The van der Waals surface area contributed by atoms with Gasteiger partial charge >= 0.3 is 0 Å². The average molecular weight is 367 g/mol. The summed E-state index contributed by atoms with van der Waals surface area (Å²) in [6.07, 6.45) is 0.530. The highest BCUT2D eigenvalue weighted by Crippen LogP contribution is 2.33. The lowest BCUT2D eigenvalue weighted by molar-refractivity contribution is 0.587. The second-order valence-electron chi connectivity index (χ2n) is 5.69. The molecule has 0 radical (unpaired) electrons. The average Bonchev–Trinajstić information content (AvgIpc) is 2.69. The third-order valence-electron chi connectivity index (χ3n) is 3.14. The highest BCUT2D eigenvalue weighted by Gasteiger charge is 2.30. The largest absolute Gasteiger partial charge is 0.283 e. The smallest absolute Gasteiger partial charge is 0.235 e. The number of hydrogen-bond donors (Lipinski definition) is 1. The fourth-order valence-electron chi connectivity index (χ4n) is 2.34. The van der Waals surface area contributed by atoms with E-state index in [1.54, 1.807) is 0 Å². The van der Waals surface area contributed by atoms with E-state index in [2.05, 4.69) is 4.72 Å². The molecule has 1 fully saturated rings. The molecule has 1 aliphatic heterocycles. The summed E-state index contributed by atoms with van der Waals surface area (Å²) < 4.78 is 51.6. The number of benzene rings is 1. The molecule has 1 aliphatic rings. The van der Waals surface area contributed by atoms with Crippen LogP contribution in [0.5, 0.6) is 0 Å². The lowest BCUT2D eigenvalue weighted by Gasteiger charge is -2.19. The summed E-state index contributed by atoms with van der Waals surface area (Å²) in [7, 11) is -6.85. The van der Waals surface area contributed by atoms with E-state index in [-0.39, 0.29) is 22.4 Å². The van der Waals surface area contributed by atoms with Crippen LogP contribution in [0, 0.1) is 5.92 Å². The summed E-state index contributed by atoms with van der Waals surface area (Å²) in [5, 5.41) is 0.275. The van der Waals surface area contributed by atoms with Crippen molar-refractivity contribution in [2.24, 2.45) is 5.92 Å². The summed E-state index contributed by atoms with van der Waals surface area (Å²) in [4.78, 5) is 0. The first kappa shape index (κ1) is 17.4. The van der Waals surface area contributed by atoms with Crippen LogP contribution in [-0.4, -0.2) is 34.9 Å². The van der Waals surface area contributed by atoms with Crippen molar-refractivity contribution in [2.45, 2.75) is 20.3 Å². The van der Waals surface area contributed by atoms with Gasteiger partial charge in [-0.1, -0.05) is 25.4 Å². The maximum absolute atomic E-state index is 12.0. The third kappa shape index (κ3) is 4.05. The summed E-state index contributed by atoms with van der Waals surface area (Å²) in [5.41, 5.74) is 0.617. The fraction of sp³-hybridized carbons (Fsp3) is 0.538. The van der Waals surface area contributed by atoms with Gasteiger partial charge in [-0.2, -0.15) is 0 Å². The zero-order valence-corrected chi connectivity index (χ0v) is 14.8. The summed E-state index contributed by atoms with van der Waals surface area (Å²) >= 11 is 6.08. The Morgan fingerprint density at radius 3 is 2.59 bits per heavy atom. The number of rotatable bonds is 5. The molecule has 2 rings (SSSR count). The second-order valence-corrected chi connectivity index (χ2v) is 9.87. The van der Waals surface area contributed by atoms with E-state index in [4.69, 9.17) is 11.6 Å². The monoisotopic (exact) mass is 366 g/mol. The highest BCUT2D eigenvalue weighted by atomic mass is 35.5. The Hall–Kier alpha value is -0.990. The van der Waals surface area contributed by atoms with Crippen LogP contribution in [0.25, 0.3) is 0 Å². The number of sulfonamides is 2. The first-order valence-corrected chi connectivity index (χ1v) is 10.5. The molecule has 9 heteroatoms. The molecule has 0 unspecified atom stereocenters.